The van der Waals surface area contributed by atoms with E-state index < -0.39 is 0 Å². The molecule has 0 saturated carbocycles. The largest absolute Gasteiger partial charge is 0.491 e. The van der Waals surface area contributed by atoms with Gasteiger partial charge in [0.1, 0.15) is 5.75 Å². The number of hydrogen-bond donors (Lipinski definition) is 1. The molecule has 0 unspecified atom stereocenters. The molecule has 2 heterocycles. The van der Waals surface area contributed by atoms with Gasteiger partial charge in [-0.05, 0) is 55.8 Å². The van der Waals surface area contributed by atoms with Crippen LogP contribution in [0, 0.1) is 0 Å². The Balaban J connectivity index is 1.63. The van der Waals surface area contributed by atoms with E-state index >= 15 is 0 Å². The molecule has 4 aromatic rings. The Morgan fingerprint density at radius 1 is 1.06 bits per heavy atom. The topological polar surface area (TPSA) is 89.3 Å². The van der Waals surface area contributed by atoms with Crippen LogP contribution < -0.4 is 10.1 Å². The van der Waals surface area contributed by atoms with Crippen LogP contribution in [-0.4, -0.2) is 51.8 Å². The van der Waals surface area contributed by atoms with E-state index in [9.17, 15) is 9.59 Å². The third-order valence-electron chi connectivity index (χ3n) is 4.98. The number of nitrogens with zero attached hydrogens (tertiary/aromatic N) is 4. The molecule has 0 fully saturated rings. The van der Waals surface area contributed by atoms with Crippen LogP contribution in [0.3, 0.4) is 0 Å². The lowest BCUT2D eigenvalue weighted by molar-refractivity contribution is 0.102. The van der Waals surface area contributed by atoms with E-state index in [4.69, 9.17) is 4.74 Å². The van der Waals surface area contributed by atoms with Crippen molar-refractivity contribution in [3.8, 4) is 16.9 Å². The molecule has 0 spiro atoms. The van der Waals surface area contributed by atoms with Crippen molar-refractivity contribution < 1.29 is 14.3 Å². The molecular formula is C25H25N5O3. The van der Waals surface area contributed by atoms with Crippen molar-refractivity contribution in [2.24, 2.45) is 0 Å². The average molecular weight is 444 g/mol. The molecule has 0 bridgehead atoms. The molecule has 0 aliphatic carbocycles. The Morgan fingerprint density at radius 2 is 1.82 bits per heavy atom. The Kier molecular flexibility index (Phi) is 6.08. The lowest BCUT2D eigenvalue weighted by Gasteiger charge is -2.12. The average Bonchev–Trinajstić information content (AvgIpc) is 3.28. The normalized spacial score (nSPS) is 10.9. The second kappa shape index (κ2) is 9.12. The summed E-state index contributed by atoms with van der Waals surface area (Å²) in [7, 11) is 3.34. The highest BCUT2D eigenvalue weighted by Gasteiger charge is 2.15. The number of hydrogen-bond acceptors (Lipinski definition) is 5. The minimum absolute atomic E-state index is 0.0636. The predicted octanol–water partition coefficient (Wildman–Crippen LogP) is 4.67. The molecule has 168 valence electrons. The molecule has 4 rings (SSSR count). The van der Waals surface area contributed by atoms with Gasteiger partial charge in [0.2, 0.25) is 0 Å². The van der Waals surface area contributed by atoms with Gasteiger partial charge in [0.05, 0.1) is 23.5 Å². The summed E-state index contributed by atoms with van der Waals surface area (Å²) in [5, 5.41) is 7.98. The fourth-order valence-electron chi connectivity index (χ4n) is 3.45. The molecule has 0 saturated heterocycles. The highest BCUT2D eigenvalue weighted by Crippen LogP contribution is 2.31. The molecule has 0 radical (unpaired) electrons. The number of aromatic nitrogens is 3. The molecule has 2 aromatic carbocycles. The van der Waals surface area contributed by atoms with Crippen molar-refractivity contribution in [2.45, 2.75) is 20.0 Å². The third-order valence-corrected chi connectivity index (χ3v) is 4.98. The first-order valence-corrected chi connectivity index (χ1v) is 10.6. The third kappa shape index (κ3) is 4.69. The van der Waals surface area contributed by atoms with Crippen molar-refractivity contribution in [3.63, 3.8) is 0 Å². The Labute approximate surface area is 191 Å². The zero-order chi connectivity index (χ0) is 23.5. The number of rotatable bonds is 5. The van der Waals surface area contributed by atoms with Gasteiger partial charge >= 0.3 is 6.03 Å². The minimum Gasteiger partial charge on any atom is -0.491 e. The van der Waals surface area contributed by atoms with Gasteiger partial charge in [-0.2, -0.15) is 9.78 Å². The monoisotopic (exact) mass is 443 g/mol. The molecule has 0 aliphatic heterocycles. The van der Waals surface area contributed by atoms with Crippen molar-refractivity contribution in [1.82, 2.24) is 19.7 Å². The van der Waals surface area contributed by atoms with Crippen molar-refractivity contribution >= 4 is 28.5 Å². The fraction of sp³-hybridized carbons (Fsp3) is 0.200. The van der Waals surface area contributed by atoms with Gasteiger partial charge in [0.15, 0.2) is 0 Å². The van der Waals surface area contributed by atoms with E-state index in [0.717, 1.165) is 16.5 Å². The summed E-state index contributed by atoms with van der Waals surface area (Å²) in [6.45, 7) is 3.90. The molecule has 0 aliphatic rings. The molecule has 33 heavy (non-hydrogen) atoms. The number of amides is 2. The van der Waals surface area contributed by atoms with Crippen LogP contribution in [0.5, 0.6) is 5.75 Å². The minimum atomic E-state index is -0.241. The maximum Gasteiger partial charge on any atom is 0.344 e. The second-order valence-corrected chi connectivity index (χ2v) is 8.06. The Morgan fingerprint density at radius 3 is 2.52 bits per heavy atom. The lowest BCUT2D eigenvalue weighted by atomic mass is 10.0. The van der Waals surface area contributed by atoms with Crippen LogP contribution in [0.2, 0.25) is 0 Å². The van der Waals surface area contributed by atoms with Crippen molar-refractivity contribution in [3.05, 3.63) is 72.7 Å². The van der Waals surface area contributed by atoms with E-state index in [-0.39, 0.29) is 18.0 Å². The Bertz CT molecular complexity index is 1310. The maximum absolute atomic E-state index is 12.9. The van der Waals surface area contributed by atoms with Crippen LogP contribution in [0.1, 0.15) is 24.2 Å². The van der Waals surface area contributed by atoms with Crippen LogP contribution in [0.4, 0.5) is 10.5 Å². The Hall–Kier alpha value is -4.20. The summed E-state index contributed by atoms with van der Waals surface area (Å²) >= 11 is 0. The van der Waals surface area contributed by atoms with E-state index in [1.54, 1.807) is 57.0 Å². The number of carbonyl (C=O) groups excluding carboxylic acids is 2. The SMILES string of the molecule is CC(C)Oc1ccc(C(=O)Nc2cccc3c(-c4cnn(C(=O)N(C)C)c4)ccnc23)cc1. The highest BCUT2D eigenvalue weighted by molar-refractivity contribution is 6.10. The quantitative estimate of drug-likeness (QED) is 0.484. The number of para-hydroxylation sites is 1. The van der Waals surface area contributed by atoms with Crippen LogP contribution in [0.15, 0.2) is 67.1 Å². The predicted molar refractivity (Wildman–Crippen MR) is 128 cm³/mol. The first-order valence-electron chi connectivity index (χ1n) is 10.6. The summed E-state index contributed by atoms with van der Waals surface area (Å²) in [6.07, 6.45) is 5.07. The first-order chi connectivity index (χ1) is 15.8. The zero-order valence-corrected chi connectivity index (χ0v) is 18.9. The van der Waals surface area contributed by atoms with E-state index in [1.807, 2.05) is 38.1 Å². The van der Waals surface area contributed by atoms with Gasteiger partial charge in [0, 0.05) is 43.0 Å². The van der Waals surface area contributed by atoms with Gasteiger partial charge in [0.25, 0.3) is 5.91 Å². The summed E-state index contributed by atoms with van der Waals surface area (Å²) in [6, 6.07) is 14.2. The number of carbonyl (C=O) groups is 2. The van der Waals surface area contributed by atoms with E-state index in [0.29, 0.717) is 22.5 Å². The van der Waals surface area contributed by atoms with Gasteiger partial charge in [-0.15, -0.1) is 0 Å². The number of nitrogens with one attached hydrogen (secondary N) is 1. The zero-order valence-electron chi connectivity index (χ0n) is 18.9. The lowest BCUT2D eigenvalue weighted by Crippen LogP contribution is -2.27. The van der Waals surface area contributed by atoms with Gasteiger partial charge in [-0.25, -0.2) is 4.79 Å². The second-order valence-electron chi connectivity index (χ2n) is 8.06. The molecule has 2 amide bonds. The van der Waals surface area contributed by atoms with Gasteiger partial charge in [-0.1, -0.05) is 12.1 Å². The molecule has 0 atom stereocenters. The van der Waals surface area contributed by atoms with Gasteiger partial charge in [-0.3, -0.25) is 9.78 Å². The molecular weight excluding hydrogens is 418 g/mol. The van der Waals surface area contributed by atoms with Crippen LogP contribution in [-0.2, 0) is 0 Å². The van der Waals surface area contributed by atoms with Crippen molar-refractivity contribution in [2.75, 3.05) is 19.4 Å². The summed E-state index contributed by atoms with van der Waals surface area (Å²) < 4.78 is 6.93. The molecule has 8 heteroatoms. The van der Waals surface area contributed by atoms with Gasteiger partial charge < -0.3 is 15.0 Å². The fourth-order valence-corrected chi connectivity index (χ4v) is 3.45. The summed E-state index contributed by atoms with van der Waals surface area (Å²) in [5.74, 6) is 0.474. The van der Waals surface area contributed by atoms with E-state index in [1.165, 1.54) is 9.58 Å². The number of pyridine rings is 1. The molecule has 1 N–H and O–H groups in total. The summed E-state index contributed by atoms with van der Waals surface area (Å²) in [5.41, 5.74) is 3.40. The van der Waals surface area contributed by atoms with Crippen molar-refractivity contribution in [1.29, 1.82) is 0 Å². The van der Waals surface area contributed by atoms with E-state index in [2.05, 4.69) is 15.4 Å². The number of fused-ring (bicyclic) bond motifs is 1. The highest BCUT2D eigenvalue weighted by atomic mass is 16.5. The molecule has 8 nitrogen and oxygen atoms in total. The smallest absolute Gasteiger partial charge is 0.344 e. The maximum atomic E-state index is 12.9. The number of ether oxygens (including phenoxy) is 1. The molecule has 2 aromatic heterocycles. The first kappa shape index (κ1) is 22.0. The standard InChI is InChI=1S/C25H25N5O3/c1-16(2)33-19-10-8-17(9-11-19)24(31)28-22-7-5-6-21-20(12-13-26-23(21)22)18-14-27-30(15-18)25(32)29(3)4/h5-16H,1-4H3,(H,28,31). The van der Waals surface area contributed by atoms with Crippen LogP contribution in [0.25, 0.3) is 22.0 Å². The summed E-state index contributed by atoms with van der Waals surface area (Å²) in [4.78, 5) is 31.0. The van der Waals surface area contributed by atoms with Crippen LogP contribution >= 0.6 is 0 Å². The number of anilines is 1. The number of benzene rings is 2.